The van der Waals surface area contributed by atoms with Crippen LogP contribution < -0.4 is 0 Å². The molecular formula is C46H70O3. The van der Waals surface area contributed by atoms with Gasteiger partial charge in [0.25, 0.3) is 0 Å². The molecule has 0 aromatic carbocycles. The van der Waals surface area contributed by atoms with Crippen molar-refractivity contribution in [2.75, 3.05) is 0 Å². The first-order chi connectivity index (χ1) is 24.1. The summed E-state index contributed by atoms with van der Waals surface area (Å²) in [6.45, 7) is 0. The molecular weight excluding hydrogens is 601 g/mol. The van der Waals surface area contributed by atoms with Gasteiger partial charge >= 0.3 is 0 Å². The van der Waals surface area contributed by atoms with Gasteiger partial charge in [0.1, 0.15) is 12.2 Å². The Labute approximate surface area is 303 Å². The molecule has 0 saturated heterocycles. The first-order valence-electron chi connectivity index (χ1n) is 19.7. The van der Waals surface area contributed by atoms with E-state index in [1.54, 1.807) is 6.08 Å². The number of rotatable bonds is 31. The van der Waals surface area contributed by atoms with E-state index in [4.69, 9.17) is 12.8 Å². The predicted molar refractivity (Wildman–Crippen MR) is 212 cm³/mol. The zero-order valence-corrected chi connectivity index (χ0v) is 30.9. The molecule has 0 amide bonds. The second kappa shape index (κ2) is 39.5. The highest BCUT2D eigenvalue weighted by molar-refractivity contribution is 5.20. The third-order valence-corrected chi connectivity index (χ3v) is 8.42. The molecule has 0 radical (unpaired) electrons. The predicted octanol–water partition coefficient (Wildman–Crippen LogP) is 11.1. The summed E-state index contributed by atoms with van der Waals surface area (Å²) in [5, 5.41) is 29.2. The van der Waals surface area contributed by atoms with Crippen LogP contribution in [-0.2, 0) is 0 Å². The Hall–Kier alpha value is -2.92. The zero-order valence-electron chi connectivity index (χ0n) is 30.9. The fourth-order valence-corrected chi connectivity index (χ4v) is 5.43. The molecule has 0 aliphatic rings. The second-order valence-electron chi connectivity index (χ2n) is 13.1. The third-order valence-electron chi connectivity index (χ3n) is 8.42. The van der Waals surface area contributed by atoms with Crippen LogP contribution >= 0.6 is 0 Å². The van der Waals surface area contributed by atoms with Gasteiger partial charge in [-0.05, 0) is 102 Å². The maximum Gasteiger partial charge on any atom is 0.176 e. The number of terminal acetylenes is 2. The molecule has 0 heterocycles. The van der Waals surface area contributed by atoms with Crippen LogP contribution in [0, 0.1) is 48.4 Å². The molecule has 0 aromatic heterocycles. The topological polar surface area (TPSA) is 60.7 Å². The molecule has 0 aromatic rings. The van der Waals surface area contributed by atoms with Crippen LogP contribution in [0.2, 0.25) is 0 Å². The molecule has 3 heteroatoms. The summed E-state index contributed by atoms with van der Waals surface area (Å²) in [5.74, 6) is 15.9. The van der Waals surface area contributed by atoms with Gasteiger partial charge in [-0.3, -0.25) is 0 Å². The van der Waals surface area contributed by atoms with Crippen LogP contribution in [0.5, 0.6) is 0 Å². The van der Waals surface area contributed by atoms with E-state index >= 15 is 0 Å². The molecule has 0 saturated carbocycles. The van der Waals surface area contributed by atoms with Crippen LogP contribution in [0.25, 0.3) is 0 Å². The molecule has 49 heavy (non-hydrogen) atoms. The van der Waals surface area contributed by atoms with Gasteiger partial charge in [-0.15, -0.1) is 12.8 Å². The van der Waals surface area contributed by atoms with Crippen molar-refractivity contribution in [1.82, 2.24) is 0 Å². The monoisotopic (exact) mass is 671 g/mol. The number of allylic oxidation sites excluding steroid dienone is 7. The van der Waals surface area contributed by atoms with E-state index in [1.165, 1.54) is 103 Å². The molecule has 0 spiro atoms. The minimum Gasteiger partial charge on any atom is -0.380 e. The summed E-state index contributed by atoms with van der Waals surface area (Å²) in [4.78, 5) is 0. The quantitative estimate of drug-likeness (QED) is 0.0391. The average Bonchev–Trinajstić information content (AvgIpc) is 3.11. The summed E-state index contributed by atoms with van der Waals surface area (Å²) < 4.78 is 0. The standard InChI is InChI=1S/C46H70O3/c1-3-5-6-7-8-9-10-11-12-13-14-15-16-17-18-19-20-21-22-23-24-25-26-27-31-34-37-40-45(48)42-43-46(49)41-38-35-32-29-28-30-33-36-39-44(47)4-2/h1-2,5-6,21-22,27,31,36,39,44-49H,7-20,23-26,28-30,32-35,37,40H2/b6-5?,22-21?,31-27?,39-36+/t44-,45?,46?/m1/s1. The van der Waals surface area contributed by atoms with E-state index in [1.807, 2.05) is 12.2 Å². The lowest BCUT2D eigenvalue weighted by molar-refractivity contribution is 0.218. The normalized spacial score (nSPS) is 13.2. The van der Waals surface area contributed by atoms with Gasteiger partial charge < -0.3 is 15.3 Å². The maximum absolute atomic E-state index is 10.1. The summed E-state index contributed by atoms with van der Waals surface area (Å²) in [7, 11) is 0. The maximum atomic E-state index is 10.1. The Bertz CT molecular complexity index is 1060. The Morgan fingerprint density at radius 2 is 0.878 bits per heavy atom. The second-order valence-corrected chi connectivity index (χ2v) is 13.1. The van der Waals surface area contributed by atoms with Crippen molar-refractivity contribution >= 4 is 0 Å². The molecule has 0 aliphatic carbocycles. The van der Waals surface area contributed by atoms with Gasteiger partial charge in [-0.2, -0.15) is 0 Å². The van der Waals surface area contributed by atoms with Crippen LogP contribution in [0.15, 0.2) is 48.6 Å². The number of aliphatic hydroxyl groups is 3. The lowest BCUT2D eigenvalue weighted by Crippen LogP contribution is -2.05. The lowest BCUT2D eigenvalue weighted by atomic mass is 10.0. The summed E-state index contributed by atoms with van der Waals surface area (Å²) >= 11 is 0. The van der Waals surface area contributed by atoms with E-state index in [0.717, 1.165) is 64.2 Å². The van der Waals surface area contributed by atoms with E-state index in [-0.39, 0.29) is 0 Å². The van der Waals surface area contributed by atoms with Crippen molar-refractivity contribution in [1.29, 1.82) is 0 Å². The van der Waals surface area contributed by atoms with Crippen molar-refractivity contribution in [3.63, 3.8) is 0 Å². The van der Waals surface area contributed by atoms with Crippen molar-refractivity contribution in [2.45, 2.75) is 192 Å². The molecule has 2 unspecified atom stereocenters. The minimum atomic E-state index is -1.01. The molecule has 0 rings (SSSR count). The number of unbranched alkanes of at least 4 members (excludes halogenated alkanes) is 22. The van der Waals surface area contributed by atoms with Crippen LogP contribution in [0.1, 0.15) is 173 Å². The summed E-state index contributed by atoms with van der Waals surface area (Å²) in [6.07, 6.45) is 56.4. The fraction of sp³-hybridized carbons (Fsp3) is 0.652. The molecule has 272 valence electrons. The molecule has 0 aliphatic heterocycles. The van der Waals surface area contributed by atoms with Gasteiger partial charge in [0.2, 0.25) is 0 Å². The van der Waals surface area contributed by atoms with Crippen molar-refractivity contribution in [3.8, 4) is 48.4 Å². The van der Waals surface area contributed by atoms with E-state index in [0.29, 0.717) is 6.42 Å². The van der Waals surface area contributed by atoms with Gasteiger partial charge in [-0.25, -0.2) is 0 Å². The highest BCUT2D eigenvalue weighted by atomic mass is 16.3. The summed E-state index contributed by atoms with van der Waals surface area (Å²) in [6, 6.07) is 0. The van der Waals surface area contributed by atoms with Crippen LogP contribution in [0.4, 0.5) is 0 Å². The fourth-order valence-electron chi connectivity index (χ4n) is 5.43. The van der Waals surface area contributed by atoms with Crippen molar-refractivity contribution in [3.05, 3.63) is 48.6 Å². The van der Waals surface area contributed by atoms with Crippen molar-refractivity contribution in [2.24, 2.45) is 0 Å². The molecule has 3 N–H and O–H groups in total. The highest BCUT2D eigenvalue weighted by Gasteiger charge is 1.99. The zero-order chi connectivity index (χ0) is 35.7. The van der Waals surface area contributed by atoms with Gasteiger partial charge in [0, 0.05) is 6.42 Å². The largest absolute Gasteiger partial charge is 0.380 e. The Kier molecular flexibility index (Phi) is 37.2. The SMILES string of the molecule is C#CC=CCCCCCCCCCCCCCCC=CCCCCC=CCCCC(O)C#CC(O)C#CCCCCCC/C=C/[C@H](O)C#C. The Balaban J connectivity index is 3.51. The Morgan fingerprint density at radius 3 is 1.39 bits per heavy atom. The van der Waals surface area contributed by atoms with Crippen LogP contribution in [-0.4, -0.2) is 33.6 Å². The molecule has 0 fully saturated rings. The first kappa shape index (κ1) is 46.1. The van der Waals surface area contributed by atoms with E-state index < -0.39 is 18.3 Å². The smallest absolute Gasteiger partial charge is 0.176 e. The third kappa shape index (κ3) is 39.4. The van der Waals surface area contributed by atoms with Crippen LogP contribution in [0.3, 0.4) is 0 Å². The lowest BCUT2D eigenvalue weighted by Gasteiger charge is -2.02. The number of hydrogen-bond donors (Lipinski definition) is 3. The first-order valence-corrected chi connectivity index (χ1v) is 19.7. The van der Waals surface area contributed by atoms with Crippen molar-refractivity contribution < 1.29 is 15.3 Å². The Morgan fingerprint density at radius 1 is 0.449 bits per heavy atom. The highest BCUT2D eigenvalue weighted by Crippen LogP contribution is 2.14. The number of aliphatic hydroxyl groups excluding tert-OH is 3. The molecule has 0 bridgehead atoms. The molecule has 3 atom stereocenters. The molecule has 3 nitrogen and oxygen atoms in total. The van der Waals surface area contributed by atoms with Gasteiger partial charge in [0.15, 0.2) is 6.10 Å². The van der Waals surface area contributed by atoms with Gasteiger partial charge in [-0.1, -0.05) is 149 Å². The van der Waals surface area contributed by atoms with E-state index in [9.17, 15) is 15.3 Å². The average molecular weight is 671 g/mol. The van der Waals surface area contributed by atoms with E-state index in [2.05, 4.69) is 65.9 Å². The number of hydrogen-bond acceptors (Lipinski definition) is 3. The van der Waals surface area contributed by atoms with Gasteiger partial charge in [0.05, 0.1) is 0 Å². The summed E-state index contributed by atoms with van der Waals surface area (Å²) in [5.41, 5.74) is 0. The minimum absolute atomic E-state index is 0.605.